The second-order valence-electron chi connectivity index (χ2n) is 5.22. The molecule has 0 radical (unpaired) electrons. The van der Waals surface area contributed by atoms with Crippen LogP contribution in [0.1, 0.15) is 5.56 Å². The van der Waals surface area contributed by atoms with Crippen LogP contribution in [0.3, 0.4) is 0 Å². The molecule has 2 aromatic heterocycles. The first-order chi connectivity index (χ1) is 11.2. The molecule has 0 atom stereocenters. The average molecular weight is 322 g/mol. The molecule has 0 unspecified atom stereocenters. The van der Waals surface area contributed by atoms with Crippen LogP contribution in [-0.2, 0) is 0 Å². The van der Waals surface area contributed by atoms with Gasteiger partial charge in [-0.1, -0.05) is 53.3 Å². The van der Waals surface area contributed by atoms with E-state index < -0.39 is 0 Å². The third kappa shape index (κ3) is 2.47. The quantitative estimate of drug-likeness (QED) is 0.575. The van der Waals surface area contributed by atoms with Gasteiger partial charge in [0.05, 0.1) is 7.11 Å². The lowest BCUT2D eigenvalue weighted by Crippen LogP contribution is -1.91. The molecule has 2 aromatic carbocycles. The minimum Gasteiger partial charge on any atom is -0.497 e. The first kappa shape index (κ1) is 13.9. The Morgan fingerprint density at radius 3 is 2.61 bits per heavy atom. The average Bonchev–Trinajstić information content (AvgIpc) is 3.16. The molecule has 0 aliphatic carbocycles. The number of aromatic nitrogens is 4. The number of benzene rings is 2. The van der Waals surface area contributed by atoms with Gasteiger partial charge in [0, 0.05) is 11.1 Å². The molecular weight excluding hydrogens is 308 g/mol. The Hall–Kier alpha value is -2.73. The van der Waals surface area contributed by atoms with Crippen molar-refractivity contribution < 1.29 is 4.74 Å². The summed E-state index contributed by atoms with van der Waals surface area (Å²) >= 11 is 1.51. The molecular formula is C17H14N4OS. The highest BCUT2D eigenvalue weighted by atomic mass is 32.1. The van der Waals surface area contributed by atoms with E-state index in [-0.39, 0.29) is 0 Å². The molecule has 0 bridgehead atoms. The Balaban J connectivity index is 1.81. The van der Waals surface area contributed by atoms with E-state index in [4.69, 9.17) is 4.74 Å². The topological polar surface area (TPSA) is 52.3 Å². The lowest BCUT2D eigenvalue weighted by molar-refractivity contribution is 0.415. The minimum absolute atomic E-state index is 0.755. The van der Waals surface area contributed by atoms with Crippen molar-refractivity contribution in [3.63, 3.8) is 0 Å². The predicted octanol–water partition coefficient (Wildman–Crippen LogP) is 3.84. The summed E-state index contributed by atoms with van der Waals surface area (Å²) in [5.41, 5.74) is 3.23. The Bertz CT molecular complexity index is 972. The zero-order valence-electron chi connectivity index (χ0n) is 12.7. The summed E-state index contributed by atoms with van der Waals surface area (Å²) in [5, 5.41) is 14.1. The van der Waals surface area contributed by atoms with Crippen molar-refractivity contribution in [2.75, 3.05) is 7.11 Å². The molecule has 0 N–H and O–H groups in total. The smallest absolute Gasteiger partial charge is 0.235 e. The van der Waals surface area contributed by atoms with E-state index in [2.05, 4.69) is 34.4 Å². The third-order valence-electron chi connectivity index (χ3n) is 3.62. The molecule has 0 amide bonds. The SMILES string of the molecule is COc1cccc(-c2nn3c(-c4ccc(C)cc4)nnc3s2)c1. The van der Waals surface area contributed by atoms with Crippen molar-refractivity contribution in [1.29, 1.82) is 0 Å². The molecule has 0 saturated heterocycles. The summed E-state index contributed by atoms with van der Waals surface area (Å²) < 4.78 is 7.07. The molecule has 0 spiro atoms. The number of fused-ring (bicyclic) bond motifs is 1. The molecule has 4 aromatic rings. The summed E-state index contributed by atoms with van der Waals surface area (Å²) in [7, 11) is 1.66. The number of hydrogen-bond acceptors (Lipinski definition) is 5. The summed E-state index contributed by atoms with van der Waals surface area (Å²) in [5.74, 6) is 1.57. The summed E-state index contributed by atoms with van der Waals surface area (Å²) in [6, 6.07) is 16.1. The van der Waals surface area contributed by atoms with Crippen LogP contribution in [0.25, 0.3) is 26.9 Å². The Morgan fingerprint density at radius 2 is 1.83 bits per heavy atom. The number of aryl methyl sites for hydroxylation is 1. The van der Waals surface area contributed by atoms with Crippen molar-refractivity contribution in [2.45, 2.75) is 6.92 Å². The molecule has 5 nitrogen and oxygen atoms in total. The van der Waals surface area contributed by atoms with Crippen LogP contribution in [0.5, 0.6) is 5.75 Å². The van der Waals surface area contributed by atoms with E-state index in [1.807, 2.05) is 36.4 Å². The fourth-order valence-electron chi connectivity index (χ4n) is 2.37. The maximum absolute atomic E-state index is 5.28. The van der Waals surface area contributed by atoms with E-state index >= 15 is 0 Å². The van der Waals surface area contributed by atoms with Crippen molar-refractivity contribution in [1.82, 2.24) is 19.8 Å². The molecule has 2 heterocycles. The zero-order valence-corrected chi connectivity index (χ0v) is 13.5. The summed E-state index contributed by atoms with van der Waals surface area (Å²) in [6.07, 6.45) is 0. The number of hydrogen-bond donors (Lipinski definition) is 0. The van der Waals surface area contributed by atoms with E-state index in [0.29, 0.717) is 0 Å². The van der Waals surface area contributed by atoms with Crippen molar-refractivity contribution >= 4 is 16.3 Å². The highest BCUT2D eigenvalue weighted by Crippen LogP contribution is 2.29. The van der Waals surface area contributed by atoms with Crippen LogP contribution < -0.4 is 4.74 Å². The number of rotatable bonds is 3. The van der Waals surface area contributed by atoms with Gasteiger partial charge >= 0.3 is 0 Å². The number of nitrogens with zero attached hydrogens (tertiary/aromatic N) is 4. The van der Waals surface area contributed by atoms with Gasteiger partial charge in [-0.15, -0.1) is 10.2 Å². The van der Waals surface area contributed by atoms with Gasteiger partial charge in [0.2, 0.25) is 4.96 Å². The predicted molar refractivity (Wildman–Crippen MR) is 90.8 cm³/mol. The van der Waals surface area contributed by atoms with Crippen LogP contribution in [0.4, 0.5) is 0 Å². The van der Waals surface area contributed by atoms with Gasteiger partial charge < -0.3 is 4.74 Å². The zero-order chi connectivity index (χ0) is 15.8. The van der Waals surface area contributed by atoms with Gasteiger partial charge in [-0.3, -0.25) is 0 Å². The van der Waals surface area contributed by atoms with Gasteiger partial charge in [0.15, 0.2) is 5.82 Å². The molecule has 23 heavy (non-hydrogen) atoms. The highest BCUT2D eigenvalue weighted by Gasteiger charge is 2.14. The monoisotopic (exact) mass is 322 g/mol. The largest absolute Gasteiger partial charge is 0.497 e. The van der Waals surface area contributed by atoms with Crippen molar-refractivity contribution in [3.8, 4) is 27.7 Å². The molecule has 0 fully saturated rings. The van der Waals surface area contributed by atoms with Crippen molar-refractivity contribution in [3.05, 3.63) is 54.1 Å². The summed E-state index contributed by atoms with van der Waals surface area (Å²) in [4.78, 5) is 0.776. The van der Waals surface area contributed by atoms with Crippen LogP contribution in [0, 0.1) is 6.92 Å². The molecule has 4 rings (SSSR count). The Kier molecular flexibility index (Phi) is 3.31. The van der Waals surface area contributed by atoms with E-state index in [9.17, 15) is 0 Å². The first-order valence-corrected chi connectivity index (χ1v) is 8.00. The first-order valence-electron chi connectivity index (χ1n) is 7.18. The second-order valence-corrected chi connectivity index (χ2v) is 6.18. The van der Waals surface area contributed by atoms with Gasteiger partial charge in [0.1, 0.15) is 10.8 Å². The molecule has 0 aliphatic rings. The standard InChI is InChI=1S/C17H14N4OS/c1-11-6-8-12(9-7-11)15-18-19-17-21(15)20-16(23-17)13-4-3-5-14(10-13)22-2/h3-10H,1-2H3. The third-order valence-corrected chi connectivity index (χ3v) is 4.57. The molecule has 0 saturated carbocycles. The van der Waals surface area contributed by atoms with Gasteiger partial charge in [0.25, 0.3) is 0 Å². The number of ether oxygens (including phenoxy) is 1. The lowest BCUT2D eigenvalue weighted by atomic mass is 10.1. The highest BCUT2D eigenvalue weighted by molar-refractivity contribution is 7.19. The molecule has 0 aliphatic heterocycles. The van der Waals surface area contributed by atoms with Gasteiger partial charge in [-0.2, -0.15) is 9.61 Å². The minimum atomic E-state index is 0.755. The lowest BCUT2D eigenvalue weighted by Gasteiger charge is -2.01. The number of methoxy groups -OCH3 is 1. The summed E-state index contributed by atoms with van der Waals surface area (Å²) in [6.45, 7) is 2.06. The van der Waals surface area contributed by atoms with Crippen LogP contribution in [0.2, 0.25) is 0 Å². The van der Waals surface area contributed by atoms with Crippen LogP contribution in [-0.4, -0.2) is 26.9 Å². The Morgan fingerprint density at radius 1 is 1.00 bits per heavy atom. The van der Waals surface area contributed by atoms with Crippen molar-refractivity contribution in [2.24, 2.45) is 0 Å². The molecule has 6 heteroatoms. The van der Waals surface area contributed by atoms with Gasteiger partial charge in [-0.25, -0.2) is 0 Å². The van der Waals surface area contributed by atoms with Crippen LogP contribution in [0.15, 0.2) is 48.5 Å². The maximum Gasteiger partial charge on any atom is 0.235 e. The second kappa shape index (κ2) is 5.48. The van der Waals surface area contributed by atoms with E-state index in [0.717, 1.165) is 32.7 Å². The van der Waals surface area contributed by atoms with E-state index in [1.54, 1.807) is 11.6 Å². The normalized spacial score (nSPS) is 11.0. The Labute approximate surface area is 137 Å². The van der Waals surface area contributed by atoms with Crippen LogP contribution >= 0.6 is 11.3 Å². The molecule has 114 valence electrons. The maximum atomic E-state index is 5.28. The fourth-order valence-corrected chi connectivity index (χ4v) is 3.21. The van der Waals surface area contributed by atoms with E-state index in [1.165, 1.54) is 16.9 Å². The van der Waals surface area contributed by atoms with Gasteiger partial charge in [-0.05, 0) is 19.1 Å². The fraction of sp³-hybridized carbons (Fsp3) is 0.118.